The van der Waals surface area contributed by atoms with Gasteiger partial charge >= 0.3 is 0 Å². The highest BCUT2D eigenvalue weighted by molar-refractivity contribution is 7.84. The quantitative estimate of drug-likeness (QED) is 0.500. The topological polar surface area (TPSA) is 44.0 Å². The molecule has 0 radical (unpaired) electrons. The van der Waals surface area contributed by atoms with E-state index >= 15 is 0 Å². The molecule has 0 spiro atoms. The van der Waals surface area contributed by atoms with Crippen LogP contribution in [0.5, 0.6) is 0 Å². The van der Waals surface area contributed by atoms with E-state index in [0.717, 1.165) is 20.8 Å². The van der Waals surface area contributed by atoms with Gasteiger partial charge in [0, 0.05) is 24.3 Å². The molecule has 1 aromatic rings. The normalized spacial score (nSPS) is 12.9. The van der Waals surface area contributed by atoms with Crippen LogP contribution < -0.4 is 4.73 Å². The first kappa shape index (κ1) is 10.2. The van der Waals surface area contributed by atoms with E-state index < -0.39 is 10.8 Å². The molecule has 1 rings (SSSR count). The lowest BCUT2D eigenvalue weighted by Gasteiger charge is -2.09. The predicted octanol–water partition coefficient (Wildman–Crippen LogP) is 0.983. The Labute approximate surface area is 80.4 Å². The monoisotopic (exact) mass is 199 g/mol. The largest absolute Gasteiger partial charge is 0.618 e. The van der Waals surface area contributed by atoms with E-state index in [1.807, 2.05) is 6.92 Å². The smallest absolute Gasteiger partial charge is 0.193 e. The Kier molecular flexibility index (Phi) is 2.71. The molecule has 0 saturated carbocycles. The summed E-state index contributed by atoms with van der Waals surface area (Å²) in [5, 5.41) is 11.3. The Morgan fingerprint density at radius 1 is 1.38 bits per heavy atom. The zero-order valence-corrected chi connectivity index (χ0v) is 9.07. The number of hydrogen-bond acceptors (Lipinski definition) is 2. The second kappa shape index (κ2) is 3.46. The van der Waals surface area contributed by atoms with Crippen molar-refractivity contribution in [3.63, 3.8) is 0 Å². The van der Waals surface area contributed by atoms with Gasteiger partial charge in [0.05, 0.1) is 15.7 Å². The molecule has 0 amide bonds. The molecule has 0 aliphatic rings. The van der Waals surface area contributed by atoms with Gasteiger partial charge in [0.2, 0.25) is 0 Å². The molecule has 0 aromatic carbocycles. The predicted molar refractivity (Wildman–Crippen MR) is 51.9 cm³/mol. The SMILES string of the molecule is Cc1c[n+]([O-])c(C)c(C)c1S(C)=O. The van der Waals surface area contributed by atoms with Crippen molar-refractivity contribution in [2.75, 3.05) is 6.26 Å². The first-order valence-electron chi connectivity index (χ1n) is 3.98. The fourth-order valence-corrected chi connectivity index (χ4v) is 2.48. The van der Waals surface area contributed by atoms with Crippen LogP contribution in [0.4, 0.5) is 0 Å². The summed E-state index contributed by atoms with van der Waals surface area (Å²) in [5.41, 5.74) is 2.24. The molecule has 1 atom stereocenters. The van der Waals surface area contributed by atoms with Crippen molar-refractivity contribution < 1.29 is 8.94 Å². The van der Waals surface area contributed by atoms with E-state index in [2.05, 4.69) is 0 Å². The molecule has 0 fully saturated rings. The summed E-state index contributed by atoms with van der Waals surface area (Å²) < 4.78 is 12.2. The van der Waals surface area contributed by atoms with Crippen molar-refractivity contribution in [2.24, 2.45) is 0 Å². The number of aryl methyl sites for hydroxylation is 1. The van der Waals surface area contributed by atoms with Crippen LogP contribution in [0.25, 0.3) is 0 Å². The third kappa shape index (κ3) is 1.72. The van der Waals surface area contributed by atoms with Gasteiger partial charge in [0.25, 0.3) is 0 Å². The zero-order valence-electron chi connectivity index (χ0n) is 8.25. The van der Waals surface area contributed by atoms with Gasteiger partial charge in [-0.1, -0.05) is 0 Å². The third-order valence-electron chi connectivity index (χ3n) is 2.17. The van der Waals surface area contributed by atoms with Crippen LogP contribution in [0, 0.1) is 26.0 Å². The van der Waals surface area contributed by atoms with Crippen LogP contribution in [0.2, 0.25) is 0 Å². The highest BCUT2D eigenvalue weighted by atomic mass is 32.2. The van der Waals surface area contributed by atoms with E-state index in [-0.39, 0.29) is 0 Å². The maximum absolute atomic E-state index is 11.4. The van der Waals surface area contributed by atoms with Crippen LogP contribution in [-0.4, -0.2) is 10.5 Å². The molecule has 72 valence electrons. The number of hydrogen-bond donors (Lipinski definition) is 0. The molecule has 0 N–H and O–H groups in total. The maximum Gasteiger partial charge on any atom is 0.193 e. The summed E-state index contributed by atoms with van der Waals surface area (Å²) in [7, 11) is -1.02. The van der Waals surface area contributed by atoms with Crippen molar-refractivity contribution >= 4 is 10.8 Å². The van der Waals surface area contributed by atoms with Gasteiger partial charge in [-0.3, -0.25) is 4.21 Å². The van der Waals surface area contributed by atoms with E-state index in [1.54, 1.807) is 20.1 Å². The molecular weight excluding hydrogens is 186 g/mol. The minimum absolute atomic E-state index is 0.621. The maximum atomic E-state index is 11.4. The number of pyridine rings is 1. The van der Waals surface area contributed by atoms with Crippen LogP contribution in [0.1, 0.15) is 16.8 Å². The van der Waals surface area contributed by atoms with Gasteiger partial charge in [-0.15, -0.1) is 0 Å². The molecular formula is C9H13NO2S. The minimum atomic E-state index is -1.02. The van der Waals surface area contributed by atoms with Gasteiger partial charge < -0.3 is 5.21 Å². The molecule has 1 unspecified atom stereocenters. The number of aromatic nitrogens is 1. The van der Waals surface area contributed by atoms with Crippen molar-refractivity contribution in [2.45, 2.75) is 25.7 Å². The molecule has 0 aliphatic carbocycles. The summed E-state index contributed by atoms with van der Waals surface area (Å²) in [6, 6.07) is 0. The van der Waals surface area contributed by atoms with Gasteiger partial charge in [-0.05, 0) is 13.8 Å². The van der Waals surface area contributed by atoms with Crippen molar-refractivity contribution in [1.29, 1.82) is 0 Å². The summed E-state index contributed by atoms with van der Waals surface area (Å²) in [6.07, 6.45) is 3.10. The van der Waals surface area contributed by atoms with E-state index in [9.17, 15) is 9.42 Å². The summed E-state index contributed by atoms with van der Waals surface area (Å²) in [5.74, 6) is 0. The van der Waals surface area contributed by atoms with E-state index in [1.165, 1.54) is 6.20 Å². The fraction of sp³-hybridized carbons (Fsp3) is 0.444. The average Bonchev–Trinajstić information content (AvgIpc) is 1.99. The molecule has 13 heavy (non-hydrogen) atoms. The van der Waals surface area contributed by atoms with E-state index in [4.69, 9.17) is 0 Å². The van der Waals surface area contributed by atoms with Crippen molar-refractivity contribution in [3.05, 3.63) is 28.2 Å². The molecule has 3 nitrogen and oxygen atoms in total. The Morgan fingerprint density at radius 3 is 2.38 bits per heavy atom. The minimum Gasteiger partial charge on any atom is -0.618 e. The Morgan fingerprint density at radius 2 is 1.92 bits per heavy atom. The molecule has 1 heterocycles. The van der Waals surface area contributed by atoms with Crippen molar-refractivity contribution in [1.82, 2.24) is 0 Å². The summed E-state index contributed by atoms with van der Waals surface area (Å²) in [4.78, 5) is 0.782. The molecule has 0 saturated heterocycles. The van der Waals surface area contributed by atoms with Gasteiger partial charge in [0.1, 0.15) is 0 Å². The van der Waals surface area contributed by atoms with Gasteiger partial charge in [0.15, 0.2) is 11.9 Å². The second-order valence-electron chi connectivity index (χ2n) is 3.13. The third-order valence-corrected chi connectivity index (χ3v) is 3.37. The lowest BCUT2D eigenvalue weighted by Crippen LogP contribution is -2.32. The highest BCUT2D eigenvalue weighted by Gasteiger charge is 2.15. The summed E-state index contributed by atoms with van der Waals surface area (Å²) >= 11 is 0. The molecule has 4 heteroatoms. The number of rotatable bonds is 1. The Bertz CT molecular complexity index is 374. The van der Waals surface area contributed by atoms with Crippen LogP contribution >= 0.6 is 0 Å². The lowest BCUT2D eigenvalue weighted by atomic mass is 10.2. The standard InChI is InChI=1S/C9H13NO2S/c1-6-5-10(11)8(3)7(2)9(6)13(4)12/h5H,1-4H3. The Balaban J connectivity index is 3.53. The van der Waals surface area contributed by atoms with Crippen LogP contribution in [0.15, 0.2) is 11.1 Å². The molecule has 0 aliphatic heterocycles. The fourth-order valence-electron chi connectivity index (χ4n) is 1.40. The van der Waals surface area contributed by atoms with Gasteiger partial charge in [-0.25, -0.2) is 0 Å². The van der Waals surface area contributed by atoms with E-state index in [0.29, 0.717) is 5.69 Å². The van der Waals surface area contributed by atoms with Crippen molar-refractivity contribution in [3.8, 4) is 0 Å². The highest BCUT2D eigenvalue weighted by Crippen LogP contribution is 2.17. The first-order chi connectivity index (χ1) is 5.95. The number of nitrogens with zero attached hydrogens (tertiary/aromatic N) is 1. The second-order valence-corrected chi connectivity index (χ2v) is 4.45. The molecule has 1 aromatic heterocycles. The average molecular weight is 199 g/mol. The first-order valence-corrected chi connectivity index (χ1v) is 5.54. The Hall–Kier alpha value is -0.900. The van der Waals surface area contributed by atoms with Crippen LogP contribution in [0.3, 0.4) is 0 Å². The molecule has 0 bridgehead atoms. The zero-order chi connectivity index (χ0) is 10.2. The van der Waals surface area contributed by atoms with Crippen LogP contribution in [-0.2, 0) is 10.8 Å². The lowest BCUT2D eigenvalue weighted by molar-refractivity contribution is -0.613. The van der Waals surface area contributed by atoms with Gasteiger partial charge in [-0.2, -0.15) is 4.73 Å². The summed E-state index contributed by atoms with van der Waals surface area (Å²) in [6.45, 7) is 5.36.